The van der Waals surface area contributed by atoms with Gasteiger partial charge < -0.3 is 10.2 Å². The molecule has 108 valence electrons. The number of hydrogen-bond donors (Lipinski definition) is 1. The molecule has 0 bridgehead atoms. The molecule has 1 N–H and O–H groups in total. The molecule has 4 nitrogen and oxygen atoms in total. The van der Waals surface area contributed by atoms with Gasteiger partial charge in [0.15, 0.2) is 0 Å². The number of amides is 1. The molecule has 0 spiro atoms. The van der Waals surface area contributed by atoms with Gasteiger partial charge in [0.1, 0.15) is 5.82 Å². The number of nitrogens with zero attached hydrogens (tertiary/aromatic N) is 2. The first-order valence-corrected chi connectivity index (χ1v) is 7.32. The molecule has 2 aromatic rings. The van der Waals surface area contributed by atoms with Crippen molar-refractivity contribution in [3.8, 4) is 0 Å². The first kappa shape index (κ1) is 13.6. The average molecular weight is 281 g/mol. The summed E-state index contributed by atoms with van der Waals surface area (Å²) >= 11 is 0. The molecular formula is C17H19N3O. The number of aryl methyl sites for hydroxylation is 1. The number of nitrogens with one attached hydrogen (secondary N) is 1. The highest BCUT2D eigenvalue weighted by Gasteiger charge is 2.13. The Hall–Kier alpha value is -2.36. The number of aromatic nitrogens is 1. The van der Waals surface area contributed by atoms with Gasteiger partial charge in [-0.05, 0) is 43.5 Å². The summed E-state index contributed by atoms with van der Waals surface area (Å²) in [5, 5.41) is 2.85. The highest BCUT2D eigenvalue weighted by molar-refractivity contribution is 6.04. The summed E-state index contributed by atoms with van der Waals surface area (Å²) < 4.78 is 0. The zero-order valence-corrected chi connectivity index (χ0v) is 12.2. The molecule has 1 aromatic heterocycles. The van der Waals surface area contributed by atoms with Crippen LogP contribution in [0.5, 0.6) is 0 Å². The molecule has 1 aliphatic heterocycles. The maximum absolute atomic E-state index is 12.2. The summed E-state index contributed by atoms with van der Waals surface area (Å²) in [5.41, 5.74) is 2.77. The topological polar surface area (TPSA) is 45.2 Å². The van der Waals surface area contributed by atoms with Crippen molar-refractivity contribution in [2.45, 2.75) is 19.8 Å². The maximum Gasteiger partial charge on any atom is 0.257 e. The van der Waals surface area contributed by atoms with Crippen molar-refractivity contribution in [3.63, 3.8) is 0 Å². The van der Waals surface area contributed by atoms with Gasteiger partial charge in [-0.25, -0.2) is 4.98 Å². The van der Waals surface area contributed by atoms with Crippen LogP contribution in [0.15, 0.2) is 42.6 Å². The number of rotatable bonds is 3. The summed E-state index contributed by atoms with van der Waals surface area (Å²) in [7, 11) is 0. The van der Waals surface area contributed by atoms with Crippen LogP contribution in [-0.4, -0.2) is 24.0 Å². The monoisotopic (exact) mass is 281 g/mol. The van der Waals surface area contributed by atoms with Crippen LogP contribution in [0.1, 0.15) is 28.8 Å². The number of benzene rings is 1. The molecule has 1 amide bonds. The normalized spacial score (nSPS) is 14.2. The van der Waals surface area contributed by atoms with Crippen LogP contribution in [0.3, 0.4) is 0 Å². The van der Waals surface area contributed by atoms with Crippen molar-refractivity contribution in [3.05, 3.63) is 53.7 Å². The molecule has 0 unspecified atom stereocenters. The third-order valence-electron chi connectivity index (χ3n) is 3.85. The molecule has 4 heteroatoms. The standard InChI is InChI=1S/C17H19N3O/c1-13-6-2-3-7-15(13)17(21)19-16-9-8-14(12-18-16)20-10-4-5-11-20/h2-3,6-9,12H,4-5,10-11H2,1H3,(H,18,19,21). The van der Waals surface area contributed by atoms with E-state index in [4.69, 9.17) is 0 Å². The predicted octanol–water partition coefficient (Wildman–Crippen LogP) is 3.24. The van der Waals surface area contributed by atoms with Crippen molar-refractivity contribution in [1.82, 2.24) is 4.98 Å². The minimum Gasteiger partial charge on any atom is -0.370 e. The van der Waals surface area contributed by atoms with Crippen LogP contribution in [-0.2, 0) is 0 Å². The Balaban J connectivity index is 1.70. The van der Waals surface area contributed by atoms with Gasteiger partial charge in [0.2, 0.25) is 0 Å². The molecule has 1 aliphatic rings. The molecule has 1 aromatic carbocycles. The molecular weight excluding hydrogens is 262 g/mol. The Kier molecular flexibility index (Phi) is 3.86. The minimum atomic E-state index is -0.116. The lowest BCUT2D eigenvalue weighted by atomic mass is 10.1. The Morgan fingerprint density at radius 3 is 2.57 bits per heavy atom. The Bertz CT molecular complexity index is 631. The van der Waals surface area contributed by atoms with E-state index in [-0.39, 0.29) is 5.91 Å². The van der Waals surface area contributed by atoms with Gasteiger partial charge in [0, 0.05) is 18.7 Å². The highest BCUT2D eigenvalue weighted by Crippen LogP contribution is 2.20. The quantitative estimate of drug-likeness (QED) is 0.939. The molecule has 3 rings (SSSR count). The summed E-state index contributed by atoms with van der Waals surface area (Å²) in [6.45, 7) is 4.12. The van der Waals surface area contributed by atoms with Gasteiger partial charge in [0.05, 0.1) is 11.9 Å². The largest absolute Gasteiger partial charge is 0.370 e. The molecule has 0 aliphatic carbocycles. The zero-order chi connectivity index (χ0) is 14.7. The van der Waals surface area contributed by atoms with E-state index in [2.05, 4.69) is 15.2 Å². The van der Waals surface area contributed by atoms with E-state index < -0.39 is 0 Å². The maximum atomic E-state index is 12.2. The third kappa shape index (κ3) is 3.05. The van der Waals surface area contributed by atoms with Crippen LogP contribution in [0.4, 0.5) is 11.5 Å². The number of anilines is 2. The second kappa shape index (κ2) is 5.95. The van der Waals surface area contributed by atoms with Crippen molar-refractivity contribution in [2.24, 2.45) is 0 Å². The van der Waals surface area contributed by atoms with E-state index >= 15 is 0 Å². The Morgan fingerprint density at radius 1 is 1.14 bits per heavy atom. The fraction of sp³-hybridized carbons (Fsp3) is 0.294. The number of hydrogen-bond acceptors (Lipinski definition) is 3. The number of carbonyl (C=O) groups is 1. The first-order valence-electron chi connectivity index (χ1n) is 7.32. The third-order valence-corrected chi connectivity index (χ3v) is 3.85. The van der Waals surface area contributed by atoms with E-state index in [9.17, 15) is 4.79 Å². The lowest BCUT2D eigenvalue weighted by molar-refractivity contribution is 0.102. The van der Waals surface area contributed by atoms with Gasteiger partial charge in [-0.15, -0.1) is 0 Å². The van der Waals surface area contributed by atoms with Crippen LogP contribution < -0.4 is 10.2 Å². The molecule has 21 heavy (non-hydrogen) atoms. The smallest absolute Gasteiger partial charge is 0.257 e. The van der Waals surface area contributed by atoms with Gasteiger partial charge >= 0.3 is 0 Å². The number of pyridine rings is 1. The van der Waals surface area contributed by atoms with Gasteiger partial charge in [-0.2, -0.15) is 0 Å². The SMILES string of the molecule is Cc1ccccc1C(=O)Nc1ccc(N2CCCC2)cn1. The molecule has 1 fully saturated rings. The first-order chi connectivity index (χ1) is 10.2. The van der Waals surface area contributed by atoms with Crippen molar-refractivity contribution in [2.75, 3.05) is 23.3 Å². The summed E-state index contributed by atoms with van der Waals surface area (Å²) in [6.07, 6.45) is 4.32. The molecule has 1 saturated heterocycles. The van der Waals surface area contributed by atoms with E-state index in [0.717, 1.165) is 24.3 Å². The number of carbonyl (C=O) groups excluding carboxylic acids is 1. The van der Waals surface area contributed by atoms with Crippen molar-refractivity contribution in [1.29, 1.82) is 0 Å². The summed E-state index contributed by atoms with van der Waals surface area (Å²) in [5.74, 6) is 0.473. The van der Waals surface area contributed by atoms with Gasteiger partial charge in [-0.1, -0.05) is 18.2 Å². The highest BCUT2D eigenvalue weighted by atomic mass is 16.1. The van der Waals surface area contributed by atoms with Crippen molar-refractivity contribution < 1.29 is 4.79 Å². The van der Waals surface area contributed by atoms with E-state index in [1.165, 1.54) is 12.8 Å². The fourth-order valence-corrected chi connectivity index (χ4v) is 2.63. The molecule has 0 radical (unpaired) electrons. The van der Waals surface area contributed by atoms with Crippen molar-refractivity contribution >= 4 is 17.4 Å². The molecule has 0 saturated carbocycles. The minimum absolute atomic E-state index is 0.116. The van der Waals surface area contributed by atoms with E-state index in [1.807, 2.05) is 49.5 Å². The Morgan fingerprint density at radius 2 is 1.90 bits per heavy atom. The van der Waals surface area contributed by atoms with Crippen LogP contribution in [0, 0.1) is 6.92 Å². The zero-order valence-electron chi connectivity index (χ0n) is 12.2. The van der Waals surface area contributed by atoms with E-state index in [0.29, 0.717) is 11.4 Å². The van der Waals surface area contributed by atoms with Crippen LogP contribution in [0.25, 0.3) is 0 Å². The van der Waals surface area contributed by atoms with Crippen LogP contribution in [0.2, 0.25) is 0 Å². The predicted molar refractivity (Wildman–Crippen MR) is 84.8 cm³/mol. The second-order valence-corrected chi connectivity index (χ2v) is 5.36. The average Bonchev–Trinajstić information content (AvgIpc) is 3.02. The lowest BCUT2D eigenvalue weighted by Gasteiger charge is -2.17. The van der Waals surface area contributed by atoms with Gasteiger partial charge in [0.25, 0.3) is 5.91 Å². The fourth-order valence-electron chi connectivity index (χ4n) is 2.63. The van der Waals surface area contributed by atoms with E-state index in [1.54, 1.807) is 0 Å². The lowest BCUT2D eigenvalue weighted by Crippen LogP contribution is -2.18. The Labute approximate surface area is 124 Å². The molecule has 0 atom stereocenters. The van der Waals surface area contributed by atoms with Crippen LogP contribution >= 0.6 is 0 Å². The summed E-state index contributed by atoms with van der Waals surface area (Å²) in [4.78, 5) is 18.9. The second-order valence-electron chi connectivity index (χ2n) is 5.36. The molecule has 2 heterocycles. The summed E-state index contributed by atoms with van der Waals surface area (Å²) in [6, 6.07) is 11.4. The van der Waals surface area contributed by atoms with Gasteiger partial charge in [-0.3, -0.25) is 4.79 Å².